The van der Waals surface area contributed by atoms with Crippen molar-refractivity contribution < 1.29 is 36.2 Å². The summed E-state index contributed by atoms with van der Waals surface area (Å²) in [6.07, 6.45) is -10.1. The Morgan fingerprint density at radius 2 is 1.77 bits per heavy atom. The van der Waals surface area contributed by atoms with Crippen LogP contribution in [0.4, 0.5) is 32.2 Å². The number of aliphatic hydroxyl groups excluding tert-OH is 1. The van der Waals surface area contributed by atoms with Gasteiger partial charge in [0.05, 0.1) is 12.4 Å². The van der Waals surface area contributed by atoms with Gasteiger partial charge in [0, 0.05) is 30.3 Å². The number of hydrogen-bond donors (Lipinski definition) is 4. The molecule has 0 saturated carbocycles. The number of anilines is 1. The Morgan fingerprint density at radius 3 is 2.26 bits per heavy atom. The Morgan fingerprint density at radius 1 is 1.16 bits per heavy atom. The van der Waals surface area contributed by atoms with Gasteiger partial charge < -0.3 is 26.5 Å². The summed E-state index contributed by atoms with van der Waals surface area (Å²) < 4.78 is 78.3. The van der Waals surface area contributed by atoms with E-state index in [0.29, 0.717) is 6.20 Å². The lowest BCUT2D eigenvalue weighted by Crippen LogP contribution is -2.54. The fourth-order valence-electron chi connectivity index (χ4n) is 3.65. The van der Waals surface area contributed by atoms with Gasteiger partial charge in [-0.1, -0.05) is 0 Å². The number of halogens is 6. The van der Waals surface area contributed by atoms with Crippen molar-refractivity contribution in [3.05, 3.63) is 29.5 Å². The smallest absolute Gasteiger partial charge is 0.385 e. The van der Waals surface area contributed by atoms with Crippen molar-refractivity contribution in [2.75, 3.05) is 18.0 Å². The second-order valence-electron chi connectivity index (χ2n) is 7.21. The van der Waals surface area contributed by atoms with Gasteiger partial charge in [0.2, 0.25) is 0 Å². The molecule has 8 nitrogen and oxygen atoms in total. The number of aliphatic hydroxyl groups is 1. The van der Waals surface area contributed by atoms with Crippen LogP contribution in [0.2, 0.25) is 0 Å². The van der Waals surface area contributed by atoms with Crippen LogP contribution >= 0.6 is 0 Å². The summed E-state index contributed by atoms with van der Waals surface area (Å²) in [6.45, 7) is 0.401. The largest absolute Gasteiger partial charge is 0.434 e. The number of alkyl halides is 6. The number of hydrogen-bond acceptors (Lipinski definition) is 7. The number of carbonyl (C=O) groups excluding carboxylic acids is 1. The van der Waals surface area contributed by atoms with Crippen molar-refractivity contribution in [3.8, 4) is 0 Å². The maximum absolute atomic E-state index is 13.5. The van der Waals surface area contributed by atoms with Gasteiger partial charge in [0.15, 0.2) is 5.69 Å². The molecule has 0 radical (unpaired) electrons. The fraction of sp³-hybridized carbons (Fsp3) is 0.529. The number of nitrogens with zero attached hydrogens (tertiary/aromatic N) is 3. The van der Waals surface area contributed by atoms with Gasteiger partial charge in [0.25, 0.3) is 5.91 Å². The second kappa shape index (κ2) is 7.98. The van der Waals surface area contributed by atoms with Crippen LogP contribution in [-0.4, -0.2) is 52.1 Å². The maximum atomic E-state index is 13.5. The number of aromatic nitrogens is 2. The predicted molar refractivity (Wildman–Crippen MR) is 94.6 cm³/mol. The Bertz CT molecular complexity index is 890. The highest BCUT2D eigenvalue weighted by atomic mass is 19.4. The van der Waals surface area contributed by atoms with Crippen LogP contribution in [0.5, 0.6) is 0 Å². The van der Waals surface area contributed by atoms with Crippen molar-refractivity contribution in [2.45, 2.75) is 31.3 Å². The lowest BCUT2D eigenvalue weighted by Gasteiger charge is -2.37. The molecule has 1 amide bonds. The van der Waals surface area contributed by atoms with Crippen LogP contribution in [-0.2, 0) is 11.0 Å². The number of nitrogens with one attached hydrogen (secondary N) is 2. The zero-order valence-corrected chi connectivity index (χ0v) is 15.8. The molecule has 0 aromatic carbocycles. The molecule has 0 spiro atoms. The Labute approximate surface area is 171 Å². The van der Waals surface area contributed by atoms with Crippen LogP contribution in [0.15, 0.2) is 23.8 Å². The molecule has 31 heavy (non-hydrogen) atoms. The first kappa shape index (κ1) is 22.8. The van der Waals surface area contributed by atoms with E-state index < -0.39 is 59.0 Å². The summed E-state index contributed by atoms with van der Waals surface area (Å²) in [5.41, 5.74) is 3.30. The van der Waals surface area contributed by atoms with Crippen molar-refractivity contribution in [2.24, 2.45) is 17.6 Å². The van der Waals surface area contributed by atoms with Gasteiger partial charge in [-0.3, -0.25) is 4.79 Å². The number of piperidine rings is 1. The van der Waals surface area contributed by atoms with Gasteiger partial charge in [0.1, 0.15) is 23.7 Å². The average molecular weight is 452 g/mol. The Balaban J connectivity index is 1.73. The monoisotopic (exact) mass is 452 g/mol. The maximum Gasteiger partial charge on any atom is 0.434 e. The van der Waals surface area contributed by atoms with E-state index in [1.165, 1.54) is 0 Å². The molecule has 0 aliphatic carbocycles. The lowest BCUT2D eigenvalue weighted by atomic mass is 9.79. The van der Waals surface area contributed by atoms with E-state index in [2.05, 4.69) is 9.97 Å². The molecule has 1 aromatic rings. The van der Waals surface area contributed by atoms with Gasteiger partial charge >= 0.3 is 12.4 Å². The van der Waals surface area contributed by atoms with Crippen molar-refractivity contribution in [3.63, 3.8) is 0 Å². The molecule has 3 rings (SSSR count). The zero-order chi connectivity index (χ0) is 23.1. The first-order chi connectivity index (χ1) is 14.3. The van der Waals surface area contributed by atoms with E-state index in [-0.39, 0.29) is 31.7 Å². The van der Waals surface area contributed by atoms with E-state index in [0.717, 1.165) is 6.20 Å². The first-order valence-corrected chi connectivity index (χ1v) is 9.09. The summed E-state index contributed by atoms with van der Waals surface area (Å²) >= 11 is 0. The summed E-state index contributed by atoms with van der Waals surface area (Å²) in [5.74, 6) is -5.04. The number of carbonyl (C=O) groups is 1. The fourth-order valence-corrected chi connectivity index (χ4v) is 3.65. The summed E-state index contributed by atoms with van der Waals surface area (Å²) in [5, 5.41) is 20.0. The molecular weight excluding hydrogens is 434 g/mol. The van der Waals surface area contributed by atoms with Crippen LogP contribution in [0, 0.1) is 17.2 Å². The summed E-state index contributed by atoms with van der Waals surface area (Å²) in [4.78, 5) is 20.2. The SMILES string of the molecule is N=C(C1=C(N)NC(=O)[C@H](O)[C@@H]1C(F)(F)F)C1CCN(c2cnc(C(F)(F)F)cn2)CC1. The molecule has 2 atom stereocenters. The molecule has 5 N–H and O–H groups in total. The quantitative estimate of drug-likeness (QED) is 0.407. The minimum atomic E-state index is -5.00. The topological polar surface area (TPSA) is 128 Å². The highest BCUT2D eigenvalue weighted by molar-refractivity contribution is 6.03. The molecule has 0 bridgehead atoms. The third kappa shape index (κ3) is 4.57. The van der Waals surface area contributed by atoms with Gasteiger partial charge in [-0.2, -0.15) is 26.3 Å². The Kier molecular flexibility index (Phi) is 5.86. The molecule has 2 aliphatic rings. The molecule has 2 aliphatic heterocycles. The van der Waals surface area contributed by atoms with E-state index in [9.17, 15) is 36.2 Å². The highest BCUT2D eigenvalue weighted by Gasteiger charge is 2.53. The normalized spacial score (nSPS) is 23.7. The number of amides is 1. The van der Waals surface area contributed by atoms with Gasteiger partial charge in [-0.25, -0.2) is 9.97 Å². The minimum absolute atomic E-state index is 0.172. The van der Waals surface area contributed by atoms with Crippen LogP contribution in [0.25, 0.3) is 0 Å². The predicted octanol–water partition coefficient (Wildman–Crippen LogP) is 1.57. The molecule has 14 heteroatoms. The third-order valence-electron chi connectivity index (χ3n) is 5.24. The minimum Gasteiger partial charge on any atom is -0.385 e. The van der Waals surface area contributed by atoms with Crippen LogP contribution in [0.3, 0.4) is 0 Å². The molecule has 170 valence electrons. The van der Waals surface area contributed by atoms with Crippen molar-refractivity contribution in [1.82, 2.24) is 15.3 Å². The zero-order valence-electron chi connectivity index (χ0n) is 15.8. The van der Waals surface area contributed by atoms with E-state index in [1.54, 1.807) is 4.90 Å². The average Bonchev–Trinajstić information content (AvgIpc) is 2.68. The molecular formula is C17H18F6N6O2. The molecule has 1 saturated heterocycles. The summed E-state index contributed by atoms with van der Waals surface area (Å²) in [7, 11) is 0. The van der Waals surface area contributed by atoms with E-state index >= 15 is 0 Å². The van der Waals surface area contributed by atoms with Gasteiger partial charge in [-0.05, 0) is 12.8 Å². The number of nitrogens with two attached hydrogens (primary N) is 1. The van der Waals surface area contributed by atoms with Crippen molar-refractivity contribution >= 4 is 17.4 Å². The van der Waals surface area contributed by atoms with Gasteiger partial charge in [-0.15, -0.1) is 0 Å². The van der Waals surface area contributed by atoms with Crippen LogP contribution in [0.1, 0.15) is 18.5 Å². The molecule has 3 heterocycles. The standard InChI is InChI=1S/C17H18F6N6O2/c18-16(19,20)8-5-27-9(6-26-8)29-3-1-7(2-4-29)12(24)10-11(17(21,22)23)13(30)15(31)28-14(10)25/h5-7,11,13,24,30H,1-4,25H2,(H,28,31)/t11-,13-/m1/s1. The van der Waals surface area contributed by atoms with E-state index in [4.69, 9.17) is 11.1 Å². The first-order valence-electron chi connectivity index (χ1n) is 9.09. The highest BCUT2D eigenvalue weighted by Crippen LogP contribution is 2.40. The third-order valence-corrected chi connectivity index (χ3v) is 5.24. The molecule has 0 unspecified atom stereocenters. The number of rotatable bonds is 3. The lowest BCUT2D eigenvalue weighted by molar-refractivity contribution is -0.192. The van der Waals surface area contributed by atoms with Crippen LogP contribution < -0.4 is 16.0 Å². The second-order valence-corrected chi connectivity index (χ2v) is 7.21. The van der Waals surface area contributed by atoms with E-state index in [1.807, 2.05) is 5.32 Å². The molecule has 1 fully saturated rings. The summed E-state index contributed by atoms with van der Waals surface area (Å²) in [6, 6.07) is 0. The Hall–Kier alpha value is -2.90. The van der Waals surface area contributed by atoms with Crippen molar-refractivity contribution in [1.29, 1.82) is 5.41 Å². The molecule has 1 aromatic heterocycles.